The van der Waals surface area contributed by atoms with Crippen molar-refractivity contribution in [3.63, 3.8) is 0 Å². The fourth-order valence-electron chi connectivity index (χ4n) is 4.64. The Labute approximate surface area is 222 Å². The number of quaternary nitrogens is 2. The van der Waals surface area contributed by atoms with Crippen LogP contribution in [0.5, 0.6) is 0 Å². The Morgan fingerprint density at radius 3 is 0.719 bits per heavy atom. The Balaban J connectivity index is -0.00000420. The standard InChI is InChI=1S/C26H58N2O2.2BrH/c1-5-27(6-2,25-29)23-21-19-17-15-13-11-9-10-12-14-16-18-20-22-24-28(7-3,8-4)26-30;;/h29-30H,5-26H2,1-4H3;2*1H/q+2;;/p-2. The van der Waals surface area contributed by atoms with Crippen LogP contribution in [-0.4, -0.2) is 71.9 Å². The molecule has 0 saturated heterocycles. The molecule has 0 aromatic carbocycles. The largest absolute Gasteiger partial charge is 1.00 e. The Morgan fingerprint density at radius 1 is 0.375 bits per heavy atom. The van der Waals surface area contributed by atoms with E-state index in [1.165, 1.54) is 89.9 Å². The van der Waals surface area contributed by atoms with E-state index in [4.69, 9.17) is 0 Å². The van der Waals surface area contributed by atoms with Gasteiger partial charge in [0, 0.05) is 0 Å². The van der Waals surface area contributed by atoms with Gasteiger partial charge in [0.05, 0.1) is 39.3 Å². The summed E-state index contributed by atoms with van der Waals surface area (Å²) in [5, 5.41) is 19.2. The number of hydrogen-bond donors (Lipinski definition) is 2. The highest BCUT2D eigenvalue weighted by molar-refractivity contribution is 4.50. The topological polar surface area (TPSA) is 40.5 Å². The van der Waals surface area contributed by atoms with Gasteiger partial charge in [0.25, 0.3) is 0 Å². The molecule has 0 unspecified atom stereocenters. The minimum atomic E-state index is 0. The molecule has 0 bridgehead atoms. The number of halogens is 2. The second-order valence-electron chi connectivity index (χ2n) is 9.63. The maximum atomic E-state index is 9.61. The van der Waals surface area contributed by atoms with E-state index >= 15 is 0 Å². The third-order valence-electron chi connectivity index (χ3n) is 7.80. The summed E-state index contributed by atoms with van der Waals surface area (Å²) in [6.07, 6.45) is 19.2. The van der Waals surface area contributed by atoms with E-state index in [0.717, 1.165) is 48.2 Å². The van der Waals surface area contributed by atoms with Gasteiger partial charge in [-0.2, -0.15) is 0 Å². The third-order valence-corrected chi connectivity index (χ3v) is 7.80. The lowest BCUT2D eigenvalue weighted by molar-refractivity contribution is -0.942. The van der Waals surface area contributed by atoms with Gasteiger partial charge in [-0.05, 0) is 53.4 Å². The molecule has 0 aliphatic carbocycles. The average molecular weight is 591 g/mol. The monoisotopic (exact) mass is 588 g/mol. The van der Waals surface area contributed by atoms with Crippen LogP contribution in [0.1, 0.15) is 118 Å². The Bertz CT molecular complexity index is 315. The highest BCUT2D eigenvalue weighted by atomic mass is 79.9. The van der Waals surface area contributed by atoms with E-state index in [9.17, 15) is 10.2 Å². The predicted molar refractivity (Wildman–Crippen MR) is 131 cm³/mol. The molecule has 0 amide bonds. The van der Waals surface area contributed by atoms with Crippen molar-refractivity contribution >= 4 is 0 Å². The van der Waals surface area contributed by atoms with Gasteiger partial charge in [-0.15, -0.1) is 0 Å². The second-order valence-corrected chi connectivity index (χ2v) is 9.63. The van der Waals surface area contributed by atoms with Crippen LogP contribution in [0.2, 0.25) is 0 Å². The van der Waals surface area contributed by atoms with Crippen LogP contribution in [0.25, 0.3) is 0 Å². The molecule has 0 rings (SSSR count). The van der Waals surface area contributed by atoms with Gasteiger partial charge >= 0.3 is 0 Å². The maximum Gasteiger partial charge on any atom is 0.180 e. The summed E-state index contributed by atoms with van der Waals surface area (Å²) in [6.45, 7) is 15.9. The fraction of sp³-hybridized carbons (Fsp3) is 1.00. The number of aliphatic hydroxyl groups is 2. The summed E-state index contributed by atoms with van der Waals surface area (Å²) in [5.74, 6) is 0. The molecule has 0 heterocycles. The molecule has 0 aliphatic rings. The highest BCUT2D eigenvalue weighted by Gasteiger charge is 2.21. The number of aliphatic hydroxyl groups excluding tert-OH is 2. The van der Waals surface area contributed by atoms with Gasteiger partial charge < -0.3 is 53.1 Å². The predicted octanol–water partition coefficient (Wildman–Crippen LogP) is 0.0686. The Hall–Kier alpha value is 0.800. The summed E-state index contributed by atoms with van der Waals surface area (Å²) < 4.78 is 1.75. The molecule has 0 spiro atoms. The zero-order valence-corrected chi connectivity index (χ0v) is 25.3. The lowest BCUT2D eigenvalue weighted by Gasteiger charge is -2.34. The summed E-state index contributed by atoms with van der Waals surface area (Å²) in [4.78, 5) is 0. The number of rotatable bonds is 23. The smallest absolute Gasteiger partial charge is 0.180 e. The van der Waals surface area contributed by atoms with Crippen LogP contribution in [0.15, 0.2) is 0 Å². The molecule has 0 radical (unpaired) electrons. The first-order chi connectivity index (χ1) is 14.6. The van der Waals surface area contributed by atoms with E-state index < -0.39 is 0 Å². The van der Waals surface area contributed by atoms with Gasteiger partial charge in [0.15, 0.2) is 13.5 Å². The molecule has 0 aromatic rings. The van der Waals surface area contributed by atoms with Gasteiger partial charge in [-0.3, -0.25) is 0 Å². The summed E-state index contributed by atoms with van der Waals surface area (Å²) >= 11 is 0. The molecular weight excluding hydrogens is 532 g/mol. The SMILES string of the molecule is CC[N+](CC)(CO)CCCCCCCCCCCCCCCC[N+](CC)(CC)CO.[Br-].[Br-]. The third kappa shape index (κ3) is 17.3. The number of nitrogens with zero attached hydrogens (tertiary/aromatic N) is 2. The molecule has 6 heteroatoms. The molecular formula is C26H58Br2N2O2. The van der Waals surface area contributed by atoms with Crippen molar-refractivity contribution in [1.82, 2.24) is 0 Å². The van der Waals surface area contributed by atoms with E-state index in [-0.39, 0.29) is 34.0 Å². The van der Waals surface area contributed by atoms with Crippen molar-refractivity contribution in [2.75, 3.05) is 52.7 Å². The number of unbranched alkanes of at least 4 members (excludes halogenated alkanes) is 13. The van der Waals surface area contributed by atoms with Crippen LogP contribution < -0.4 is 34.0 Å². The first-order valence-corrected chi connectivity index (χ1v) is 13.5. The van der Waals surface area contributed by atoms with Gasteiger partial charge in [0.2, 0.25) is 0 Å². The summed E-state index contributed by atoms with van der Waals surface area (Å²) in [7, 11) is 0. The summed E-state index contributed by atoms with van der Waals surface area (Å²) in [6, 6.07) is 0. The van der Waals surface area contributed by atoms with E-state index in [2.05, 4.69) is 27.7 Å². The second kappa shape index (κ2) is 24.9. The van der Waals surface area contributed by atoms with E-state index in [1.807, 2.05) is 0 Å². The molecule has 0 atom stereocenters. The van der Waals surface area contributed by atoms with Gasteiger partial charge in [-0.1, -0.05) is 64.2 Å². The van der Waals surface area contributed by atoms with Crippen LogP contribution in [0.4, 0.5) is 0 Å². The van der Waals surface area contributed by atoms with Crippen LogP contribution in [-0.2, 0) is 0 Å². The molecule has 0 aliphatic heterocycles. The van der Waals surface area contributed by atoms with Crippen LogP contribution in [0.3, 0.4) is 0 Å². The maximum absolute atomic E-state index is 9.61. The Morgan fingerprint density at radius 2 is 0.562 bits per heavy atom. The van der Waals surface area contributed by atoms with E-state index in [0.29, 0.717) is 13.5 Å². The lowest BCUT2D eigenvalue weighted by Crippen LogP contribution is -3.00. The van der Waals surface area contributed by atoms with Crippen LogP contribution in [0, 0.1) is 0 Å². The molecule has 4 nitrogen and oxygen atoms in total. The molecule has 32 heavy (non-hydrogen) atoms. The van der Waals surface area contributed by atoms with Crippen molar-refractivity contribution in [2.24, 2.45) is 0 Å². The van der Waals surface area contributed by atoms with E-state index in [1.54, 1.807) is 0 Å². The molecule has 0 aromatic heterocycles. The number of hydrogen-bond acceptors (Lipinski definition) is 2. The Kier molecular flexibility index (Phi) is 29.1. The molecule has 0 saturated carbocycles. The van der Waals surface area contributed by atoms with Gasteiger partial charge in [0.1, 0.15) is 0 Å². The van der Waals surface area contributed by atoms with Gasteiger partial charge in [-0.25, -0.2) is 0 Å². The zero-order chi connectivity index (χ0) is 22.6. The fourth-order valence-corrected chi connectivity index (χ4v) is 4.64. The van der Waals surface area contributed by atoms with Crippen molar-refractivity contribution in [3.8, 4) is 0 Å². The minimum Gasteiger partial charge on any atom is -1.00 e. The molecule has 198 valence electrons. The lowest BCUT2D eigenvalue weighted by atomic mass is 10.0. The quantitative estimate of drug-likeness (QED) is 0.101. The van der Waals surface area contributed by atoms with Crippen LogP contribution >= 0.6 is 0 Å². The minimum absolute atomic E-state index is 0. The first-order valence-electron chi connectivity index (χ1n) is 13.5. The zero-order valence-electron chi connectivity index (χ0n) is 22.1. The average Bonchev–Trinajstić information content (AvgIpc) is 2.79. The summed E-state index contributed by atoms with van der Waals surface area (Å²) in [5.41, 5.74) is 0. The molecule has 2 N–H and O–H groups in total. The van der Waals surface area contributed by atoms with Crippen molar-refractivity contribution in [2.45, 2.75) is 118 Å². The highest BCUT2D eigenvalue weighted by Crippen LogP contribution is 2.15. The normalized spacial score (nSPS) is 11.8. The van der Waals surface area contributed by atoms with Crippen molar-refractivity contribution in [3.05, 3.63) is 0 Å². The van der Waals surface area contributed by atoms with Crippen molar-refractivity contribution < 1.29 is 53.1 Å². The van der Waals surface area contributed by atoms with Crippen molar-refractivity contribution in [1.29, 1.82) is 0 Å². The molecule has 0 fully saturated rings. The first kappa shape index (κ1) is 37.4.